The minimum absolute atomic E-state index is 0.573. The number of carboxylic acids is 1. The van der Waals surface area contributed by atoms with Gasteiger partial charge in [0.05, 0.1) is 16.1 Å². The molecule has 0 bridgehead atoms. The van der Waals surface area contributed by atoms with Gasteiger partial charge in [-0.2, -0.15) is 0 Å². The summed E-state index contributed by atoms with van der Waals surface area (Å²) in [5, 5.41) is 10.5. The molecule has 4 heteroatoms. The van der Waals surface area contributed by atoms with E-state index >= 15 is 0 Å². The molecular weight excluding hydrogens is 248 g/mol. The molecule has 1 aliphatic rings. The van der Waals surface area contributed by atoms with Gasteiger partial charge in [0.15, 0.2) is 0 Å². The number of carbonyl (C=O) groups is 1. The summed E-state index contributed by atoms with van der Waals surface area (Å²) in [4.78, 5) is 12.1. The van der Waals surface area contributed by atoms with Gasteiger partial charge in [-0.25, -0.2) is 0 Å². The Morgan fingerprint density at radius 3 is 2.50 bits per heavy atom. The third kappa shape index (κ3) is 1.84. The summed E-state index contributed by atoms with van der Waals surface area (Å²) in [7, 11) is 0. The lowest BCUT2D eigenvalue weighted by Gasteiger charge is -2.16. The molecule has 3 rings (SSSR count). The van der Waals surface area contributed by atoms with E-state index in [0.717, 1.165) is 4.90 Å². The standard InChI is InChI=1S/C14H10O3S/c15-14(16)13-9-5-1-2-6-10(9)17-11-7-3-4-8-12(11)18-13/h1-8,13H,(H,15,16)/p-1/t13-/m0/s1. The fourth-order valence-corrected chi connectivity index (χ4v) is 2.96. The zero-order valence-corrected chi connectivity index (χ0v) is 10.1. The highest BCUT2D eigenvalue weighted by atomic mass is 32.2. The van der Waals surface area contributed by atoms with E-state index in [2.05, 4.69) is 0 Å². The number of ether oxygens (including phenoxy) is 1. The minimum Gasteiger partial charge on any atom is -0.549 e. The number of carboxylic acid groups (broad SMARTS) is 1. The van der Waals surface area contributed by atoms with Crippen LogP contribution in [0.1, 0.15) is 10.8 Å². The molecule has 0 N–H and O–H groups in total. The summed E-state index contributed by atoms with van der Waals surface area (Å²) in [5.41, 5.74) is 0.638. The molecule has 0 aromatic heterocycles. The summed E-state index contributed by atoms with van der Waals surface area (Å²) in [6.07, 6.45) is 0. The molecule has 2 aromatic carbocycles. The maximum Gasteiger partial charge on any atom is 0.141 e. The van der Waals surface area contributed by atoms with Crippen molar-refractivity contribution in [1.82, 2.24) is 0 Å². The first-order valence-electron chi connectivity index (χ1n) is 5.49. The van der Waals surface area contributed by atoms with Gasteiger partial charge in [0.1, 0.15) is 11.5 Å². The Kier molecular flexibility index (Phi) is 2.72. The molecule has 1 aliphatic heterocycles. The van der Waals surface area contributed by atoms with E-state index in [9.17, 15) is 9.90 Å². The van der Waals surface area contributed by atoms with Crippen molar-refractivity contribution < 1.29 is 14.6 Å². The van der Waals surface area contributed by atoms with Crippen molar-refractivity contribution in [3.63, 3.8) is 0 Å². The summed E-state index contributed by atoms with van der Waals surface area (Å²) >= 11 is 1.24. The number of hydrogen-bond acceptors (Lipinski definition) is 4. The van der Waals surface area contributed by atoms with Crippen molar-refractivity contribution in [3.8, 4) is 11.5 Å². The number of rotatable bonds is 1. The molecule has 0 saturated carbocycles. The van der Waals surface area contributed by atoms with Crippen LogP contribution in [0.15, 0.2) is 53.4 Å². The molecular formula is C14H9O3S-. The fourth-order valence-electron chi connectivity index (χ4n) is 1.91. The van der Waals surface area contributed by atoms with E-state index in [4.69, 9.17) is 4.74 Å². The lowest BCUT2D eigenvalue weighted by molar-refractivity contribution is -0.305. The number of thioether (sulfide) groups is 1. The van der Waals surface area contributed by atoms with Crippen molar-refractivity contribution in [2.75, 3.05) is 0 Å². The molecule has 18 heavy (non-hydrogen) atoms. The highest BCUT2D eigenvalue weighted by molar-refractivity contribution is 8.00. The average Bonchev–Trinajstić information content (AvgIpc) is 2.55. The summed E-state index contributed by atoms with van der Waals surface area (Å²) < 4.78 is 5.77. The molecule has 0 radical (unpaired) electrons. The normalized spacial score (nSPS) is 17.0. The molecule has 0 spiro atoms. The molecule has 0 saturated heterocycles. The Labute approximate surface area is 108 Å². The third-order valence-corrected chi connectivity index (χ3v) is 4.00. The molecule has 1 atom stereocenters. The SMILES string of the molecule is O=C([O-])[C@H]1Sc2ccccc2Oc2ccccc21. The van der Waals surface area contributed by atoms with Gasteiger partial charge in [-0.1, -0.05) is 30.3 Å². The second-order valence-electron chi connectivity index (χ2n) is 3.90. The van der Waals surface area contributed by atoms with Crippen molar-refractivity contribution in [2.45, 2.75) is 10.1 Å². The summed E-state index contributed by atoms with van der Waals surface area (Å²) in [6.45, 7) is 0. The van der Waals surface area contributed by atoms with Gasteiger partial charge in [-0.05, 0) is 18.2 Å². The Balaban J connectivity index is 2.17. The molecule has 2 aromatic rings. The zero-order chi connectivity index (χ0) is 12.5. The number of benzene rings is 2. The van der Waals surface area contributed by atoms with Crippen LogP contribution in [0.5, 0.6) is 11.5 Å². The fraction of sp³-hybridized carbons (Fsp3) is 0.0714. The highest BCUT2D eigenvalue weighted by Gasteiger charge is 2.24. The molecule has 90 valence electrons. The zero-order valence-electron chi connectivity index (χ0n) is 9.33. The van der Waals surface area contributed by atoms with Crippen molar-refractivity contribution in [3.05, 3.63) is 54.1 Å². The van der Waals surface area contributed by atoms with E-state index in [-0.39, 0.29) is 0 Å². The van der Waals surface area contributed by atoms with E-state index in [1.165, 1.54) is 11.8 Å². The van der Waals surface area contributed by atoms with Gasteiger partial charge in [-0.15, -0.1) is 11.8 Å². The monoisotopic (exact) mass is 257 g/mol. The van der Waals surface area contributed by atoms with Gasteiger partial charge in [0, 0.05) is 5.56 Å². The smallest absolute Gasteiger partial charge is 0.141 e. The molecule has 1 heterocycles. The minimum atomic E-state index is -1.10. The number of fused-ring (bicyclic) bond motifs is 2. The van der Waals surface area contributed by atoms with Gasteiger partial charge in [-0.3, -0.25) is 0 Å². The average molecular weight is 257 g/mol. The van der Waals surface area contributed by atoms with E-state index < -0.39 is 11.2 Å². The van der Waals surface area contributed by atoms with Crippen molar-refractivity contribution >= 4 is 17.7 Å². The van der Waals surface area contributed by atoms with Crippen molar-refractivity contribution in [2.24, 2.45) is 0 Å². The largest absolute Gasteiger partial charge is 0.549 e. The quantitative estimate of drug-likeness (QED) is 0.787. The number of para-hydroxylation sites is 2. The van der Waals surface area contributed by atoms with Crippen LogP contribution in [-0.2, 0) is 4.79 Å². The van der Waals surface area contributed by atoms with E-state index in [0.29, 0.717) is 17.1 Å². The van der Waals surface area contributed by atoms with Gasteiger partial charge >= 0.3 is 0 Å². The first-order chi connectivity index (χ1) is 8.75. The van der Waals surface area contributed by atoms with Crippen LogP contribution in [0.3, 0.4) is 0 Å². The lowest BCUT2D eigenvalue weighted by atomic mass is 10.1. The van der Waals surface area contributed by atoms with E-state index in [1.54, 1.807) is 18.2 Å². The second-order valence-corrected chi connectivity index (χ2v) is 5.05. The summed E-state index contributed by atoms with van der Waals surface area (Å²) in [6, 6.07) is 14.6. The Morgan fingerprint density at radius 1 is 1.06 bits per heavy atom. The molecule has 3 nitrogen and oxygen atoms in total. The first-order valence-corrected chi connectivity index (χ1v) is 6.37. The number of aliphatic carboxylic acids is 1. The summed E-state index contributed by atoms with van der Waals surface area (Å²) in [5.74, 6) is 0.149. The molecule has 0 amide bonds. The van der Waals surface area contributed by atoms with Crippen LogP contribution in [0, 0.1) is 0 Å². The molecule has 0 unspecified atom stereocenters. The second kappa shape index (κ2) is 4.38. The van der Waals surface area contributed by atoms with Gasteiger partial charge < -0.3 is 14.6 Å². The number of hydrogen-bond donors (Lipinski definition) is 0. The predicted octanol–water partition coefficient (Wildman–Crippen LogP) is 2.38. The maximum absolute atomic E-state index is 11.3. The highest BCUT2D eigenvalue weighted by Crippen LogP contribution is 2.47. The topological polar surface area (TPSA) is 49.4 Å². The van der Waals surface area contributed by atoms with Crippen LogP contribution < -0.4 is 9.84 Å². The van der Waals surface area contributed by atoms with Crippen molar-refractivity contribution in [1.29, 1.82) is 0 Å². The Morgan fingerprint density at radius 2 is 1.72 bits per heavy atom. The first kappa shape index (κ1) is 11.2. The molecule has 0 fully saturated rings. The van der Waals surface area contributed by atoms with Crippen LogP contribution >= 0.6 is 11.8 Å². The predicted molar refractivity (Wildman–Crippen MR) is 66.6 cm³/mol. The Hall–Kier alpha value is -1.94. The maximum atomic E-state index is 11.3. The van der Waals surface area contributed by atoms with Crippen LogP contribution in [0.4, 0.5) is 0 Å². The van der Waals surface area contributed by atoms with Gasteiger partial charge in [0.25, 0.3) is 0 Å². The van der Waals surface area contributed by atoms with Crippen LogP contribution in [0.25, 0.3) is 0 Å². The number of carbonyl (C=O) groups excluding carboxylic acids is 1. The van der Waals surface area contributed by atoms with Gasteiger partial charge in [0.2, 0.25) is 0 Å². The van der Waals surface area contributed by atoms with Crippen LogP contribution in [-0.4, -0.2) is 5.97 Å². The lowest BCUT2D eigenvalue weighted by Crippen LogP contribution is -2.27. The third-order valence-electron chi connectivity index (χ3n) is 2.73. The van der Waals surface area contributed by atoms with E-state index in [1.807, 2.05) is 30.3 Å². The molecule has 0 aliphatic carbocycles. The van der Waals surface area contributed by atoms with Crippen LogP contribution in [0.2, 0.25) is 0 Å². The Bertz CT molecular complexity index is 609.